The zero-order valence-corrected chi connectivity index (χ0v) is 10.6. The topological polar surface area (TPSA) is 39.1 Å². The molecule has 2 rings (SSSR count). The van der Waals surface area contributed by atoms with E-state index >= 15 is 0 Å². The van der Waals surface area contributed by atoms with Gasteiger partial charge in [0.05, 0.1) is 0 Å². The fourth-order valence-corrected chi connectivity index (χ4v) is 1.79. The Morgan fingerprint density at radius 2 is 1.82 bits per heavy atom. The second kappa shape index (κ2) is 4.20. The van der Waals surface area contributed by atoms with Crippen LogP contribution in [-0.2, 0) is 5.41 Å². The van der Waals surface area contributed by atoms with E-state index in [4.69, 9.17) is 9.47 Å². The van der Waals surface area contributed by atoms with Crippen LogP contribution in [0.3, 0.4) is 0 Å². The summed E-state index contributed by atoms with van der Waals surface area (Å²) in [4.78, 5) is 6.52. The molecule has 0 aliphatic heterocycles. The maximum absolute atomic E-state index is 5.17. The lowest BCUT2D eigenvalue weighted by atomic mass is 9.89. The average Bonchev–Trinajstić information content (AvgIpc) is 2.73. The minimum atomic E-state index is -0.110. The summed E-state index contributed by atoms with van der Waals surface area (Å²) in [5.74, 6) is 0. The molecule has 0 unspecified atom stereocenters. The predicted octanol–water partition coefficient (Wildman–Crippen LogP) is 1.98. The molecule has 0 saturated carbocycles. The van der Waals surface area contributed by atoms with Crippen LogP contribution in [0.5, 0.6) is 0 Å². The Hall–Kier alpha value is -1.84. The van der Waals surface area contributed by atoms with Crippen LogP contribution < -0.4 is 9.74 Å². The smallest absolute Gasteiger partial charge is 0.281 e. The van der Waals surface area contributed by atoms with Crippen LogP contribution in [0.15, 0.2) is 35.0 Å². The van der Waals surface area contributed by atoms with Crippen molar-refractivity contribution in [2.75, 3.05) is 7.11 Å². The molecule has 0 aliphatic rings. The first kappa shape index (κ1) is 11.6. The van der Waals surface area contributed by atoms with Gasteiger partial charge in [-0.15, -0.1) is 0 Å². The van der Waals surface area contributed by atoms with Gasteiger partial charge in [-0.1, -0.05) is 51.1 Å². The molecular formula is C13H17N2O2+. The summed E-state index contributed by atoms with van der Waals surface area (Å²) in [5, 5.41) is 4.09. The fourth-order valence-electron chi connectivity index (χ4n) is 1.79. The number of nitrogens with zero attached hydrogens (tertiary/aromatic N) is 2. The summed E-state index contributed by atoms with van der Waals surface area (Å²) in [6.45, 7) is 6.30. The first-order chi connectivity index (χ1) is 8.04. The molecule has 1 aromatic carbocycles. The van der Waals surface area contributed by atoms with Gasteiger partial charge < -0.3 is 4.84 Å². The summed E-state index contributed by atoms with van der Waals surface area (Å²) in [5.41, 5.74) is 2.66. The molecule has 1 heterocycles. The van der Waals surface area contributed by atoms with Gasteiger partial charge in [-0.2, -0.15) is 0 Å². The van der Waals surface area contributed by atoms with Crippen molar-refractivity contribution in [2.24, 2.45) is 0 Å². The summed E-state index contributed by atoms with van der Waals surface area (Å²) in [6, 6.07) is 9.95. The molecule has 90 valence electrons. The lowest BCUT2D eigenvalue weighted by molar-refractivity contribution is -1.03. The molecule has 0 N–H and O–H groups in total. The van der Waals surface area contributed by atoms with Gasteiger partial charge >= 0.3 is 0 Å². The van der Waals surface area contributed by atoms with Crippen molar-refractivity contribution in [3.05, 3.63) is 36.0 Å². The highest BCUT2D eigenvalue weighted by Gasteiger charge is 2.36. The van der Waals surface area contributed by atoms with Gasteiger partial charge in [0.2, 0.25) is 0 Å². The molecule has 0 aliphatic carbocycles. The van der Waals surface area contributed by atoms with Crippen LogP contribution in [0.2, 0.25) is 0 Å². The van der Waals surface area contributed by atoms with E-state index in [0.717, 1.165) is 17.0 Å². The van der Waals surface area contributed by atoms with E-state index in [2.05, 4.69) is 25.9 Å². The molecule has 0 fully saturated rings. The second-order valence-corrected chi connectivity index (χ2v) is 4.93. The van der Waals surface area contributed by atoms with Crippen molar-refractivity contribution < 1.29 is 14.4 Å². The highest BCUT2D eigenvalue weighted by atomic mass is 16.8. The van der Waals surface area contributed by atoms with Crippen LogP contribution in [-0.4, -0.2) is 12.3 Å². The summed E-state index contributed by atoms with van der Waals surface area (Å²) < 4.78 is 5.17. The Morgan fingerprint density at radius 3 is 2.35 bits per heavy atom. The predicted molar refractivity (Wildman–Crippen MR) is 63.3 cm³/mol. The molecule has 0 bridgehead atoms. The van der Waals surface area contributed by atoms with Crippen molar-refractivity contribution in [3.63, 3.8) is 0 Å². The molecule has 0 spiro atoms. The molecule has 0 atom stereocenters. The van der Waals surface area contributed by atoms with E-state index in [1.54, 1.807) is 7.11 Å². The summed E-state index contributed by atoms with van der Waals surface area (Å²) in [7, 11) is 1.56. The van der Waals surface area contributed by atoms with Gasteiger partial charge in [0, 0.05) is 11.0 Å². The number of benzene rings is 1. The van der Waals surface area contributed by atoms with Gasteiger partial charge in [0.1, 0.15) is 12.0 Å². The first-order valence-corrected chi connectivity index (χ1v) is 5.56. The average molecular weight is 233 g/mol. The molecule has 2 aromatic rings. The van der Waals surface area contributed by atoms with Crippen LogP contribution in [0, 0.1) is 0 Å². The standard InChI is InChI=1S/C13H17N2O2/c1-13(2,3)12-11(14-17-15(12)16-4)10-8-6-5-7-9-10/h5-9H,1-4H3/q+1. The van der Waals surface area contributed by atoms with E-state index in [-0.39, 0.29) is 5.41 Å². The first-order valence-electron chi connectivity index (χ1n) is 5.56. The Bertz CT molecular complexity index is 498. The minimum absolute atomic E-state index is 0.110. The maximum Gasteiger partial charge on any atom is 0.281 e. The van der Waals surface area contributed by atoms with E-state index in [9.17, 15) is 0 Å². The Labute approximate surface area is 101 Å². The minimum Gasteiger partial charge on any atom is -0.305 e. The van der Waals surface area contributed by atoms with Gasteiger partial charge in [-0.25, -0.2) is 0 Å². The van der Waals surface area contributed by atoms with Crippen molar-refractivity contribution in [1.82, 2.24) is 5.16 Å². The Morgan fingerprint density at radius 1 is 1.18 bits per heavy atom. The molecule has 1 aromatic heterocycles. The van der Waals surface area contributed by atoms with E-state index in [1.165, 1.54) is 4.90 Å². The Kier molecular flexibility index (Phi) is 2.88. The normalized spacial score (nSPS) is 11.5. The van der Waals surface area contributed by atoms with E-state index in [0.29, 0.717) is 0 Å². The number of aromatic nitrogens is 2. The van der Waals surface area contributed by atoms with Gasteiger partial charge in [0.25, 0.3) is 11.4 Å². The third-order valence-corrected chi connectivity index (χ3v) is 2.54. The lowest BCUT2D eigenvalue weighted by Crippen LogP contribution is -2.46. The Balaban J connectivity index is 2.60. The molecule has 4 nitrogen and oxygen atoms in total. The zero-order valence-electron chi connectivity index (χ0n) is 10.6. The van der Waals surface area contributed by atoms with E-state index in [1.807, 2.05) is 30.3 Å². The van der Waals surface area contributed by atoms with Crippen LogP contribution >= 0.6 is 0 Å². The molecular weight excluding hydrogens is 216 g/mol. The molecule has 17 heavy (non-hydrogen) atoms. The SMILES string of the molecule is CO[n+]1onc(-c2ccccc2)c1C(C)(C)C. The van der Waals surface area contributed by atoms with Crippen molar-refractivity contribution in [1.29, 1.82) is 0 Å². The quantitative estimate of drug-likeness (QED) is 0.796. The number of hydrogen-bond donors (Lipinski definition) is 0. The highest BCUT2D eigenvalue weighted by molar-refractivity contribution is 5.60. The molecule has 0 saturated heterocycles. The van der Waals surface area contributed by atoms with Crippen LogP contribution in [0.1, 0.15) is 26.5 Å². The number of rotatable bonds is 2. The van der Waals surface area contributed by atoms with Crippen molar-refractivity contribution in [3.8, 4) is 11.3 Å². The van der Waals surface area contributed by atoms with Gasteiger partial charge in [-0.3, -0.25) is 0 Å². The fraction of sp³-hybridized carbons (Fsp3) is 0.385. The monoisotopic (exact) mass is 233 g/mol. The van der Waals surface area contributed by atoms with Crippen molar-refractivity contribution >= 4 is 0 Å². The molecule has 4 heteroatoms. The zero-order chi connectivity index (χ0) is 12.5. The van der Waals surface area contributed by atoms with Crippen LogP contribution in [0.25, 0.3) is 11.3 Å². The van der Waals surface area contributed by atoms with Crippen molar-refractivity contribution in [2.45, 2.75) is 26.2 Å². The van der Waals surface area contributed by atoms with E-state index < -0.39 is 0 Å². The van der Waals surface area contributed by atoms with Gasteiger partial charge in [0.15, 0.2) is 5.16 Å². The third kappa shape index (κ3) is 2.16. The highest BCUT2D eigenvalue weighted by Crippen LogP contribution is 2.28. The molecule has 0 radical (unpaired) electrons. The third-order valence-electron chi connectivity index (χ3n) is 2.54. The summed E-state index contributed by atoms with van der Waals surface area (Å²) in [6.07, 6.45) is 0. The van der Waals surface area contributed by atoms with Gasteiger partial charge in [-0.05, 0) is 4.63 Å². The van der Waals surface area contributed by atoms with Crippen LogP contribution in [0.4, 0.5) is 0 Å². The summed E-state index contributed by atoms with van der Waals surface area (Å²) >= 11 is 0. The largest absolute Gasteiger partial charge is 0.305 e. The maximum atomic E-state index is 5.17. The molecule has 0 amide bonds. The lowest BCUT2D eigenvalue weighted by Gasteiger charge is -2.12. The number of hydrogen-bond acceptors (Lipinski definition) is 3. The second-order valence-electron chi connectivity index (χ2n) is 4.93.